The molecule has 29 heavy (non-hydrogen) atoms. The van der Waals surface area contributed by atoms with Gasteiger partial charge in [-0.05, 0) is 50.7 Å². The number of likely N-dealkylation sites (tertiary alicyclic amines) is 1. The van der Waals surface area contributed by atoms with Crippen LogP contribution in [0.25, 0.3) is 10.8 Å². The second kappa shape index (κ2) is 7.14. The van der Waals surface area contributed by atoms with E-state index in [1.54, 1.807) is 0 Å². The fourth-order valence-electron chi connectivity index (χ4n) is 5.15. The van der Waals surface area contributed by atoms with Crippen LogP contribution in [0, 0.1) is 11.3 Å². The number of carbonyl (C=O) groups excluding carboxylic acids is 1. The average molecular weight is 446 g/mol. The van der Waals surface area contributed by atoms with Crippen molar-refractivity contribution in [2.45, 2.75) is 32.4 Å². The van der Waals surface area contributed by atoms with Crippen LogP contribution >= 0.6 is 15.9 Å². The zero-order valence-corrected chi connectivity index (χ0v) is 18.1. The lowest BCUT2D eigenvalue weighted by Gasteiger charge is -2.32. The first-order valence-electron chi connectivity index (χ1n) is 10.3. The van der Waals surface area contributed by atoms with E-state index in [2.05, 4.69) is 88.4 Å². The van der Waals surface area contributed by atoms with Gasteiger partial charge in [0.15, 0.2) is 0 Å². The molecule has 5 rings (SSSR count). The Bertz CT molecular complexity index is 1110. The molecule has 3 atom stereocenters. The van der Waals surface area contributed by atoms with E-state index >= 15 is 0 Å². The fraction of sp³-hybridized carbons (Fsp3) is 0.269. The van der Waals surface area contributed by atoms with E-state index in [-0.39, 0.29) is 23.3 Å². The summed E-state index contributed by atoms with van der Waals surface area (Å²) in [7, 11) is 0. The van der Waals surface area contributed by atoms with Gasteiger partial charge in [-0.25, -0.2) is 0 Å². The molecule has 1 aliphatic carbocycles. The van der Waals surface area contributed by atoms with Crippen molar-refractivity contribution in [3.05, 3.63) is 94.5 Å². The minimum Gasteiger partial charge on any atom is -0.330 e. The third-order valence-electron chi connectivity index (χ3n) is 6.74. The largest absolute Gasteiger partial charge is 0.330 e. The van der Waals surface area contributed by atoms with E-state index in [1.165, 1.54) is 21.9 Å². The van der Waals surface area contributed by atoms with Crippen LogP contribution in [-0.4, -0.2) is 10.8 Å². The Labute approximate surface area is 180 Å². The van der Waals surface area contributed by atoms with E-state index in [9.17, 15) is 4.79 Å². The standard InChI is InChI=1S/C26H24BrNO/c1-26-16-8-7-13-22(26)24(28(25(26)29)17-18-9-3-2-4-10-18)21-15-14-19-11-5-6-12-20(19)23(21)27/h2-7,9-15,22,24H,8,16-17H2,1H3/t22-,24-,26+/m0/s1. The zero-order chi connectivity index (χ0) is 20.0. The highest BCUT2D eigenvalue weighted by molar-refractivity contribution is 9.10. The van der Waals surface area contributed by atoms with Gasteiger partial charge in [-0.1, -0.05) is 85.8 Å². The van der Waals surface area contributed by atoms with Gasteiger partial charge in [0.1, 0.15) is 0 Å². The smallest absolute Gasteiger partial charge is 0.230 e. The van der Waals surface area contributed by atoms with E-state index in [1.807, 2.05) is 18.2 Å². The van der Waals surface area contributed by atoms with Crippen molar-refractivity contribution in [3.8, 4) is 0 Å². The van der Waals surface area contributed by atoms with E-state index in [4.69, 9.17) is 0 Å². The lowest BCUT2D eigenvalue weighted by Crippen LogP contribution is -2.34. The summed E-state index contributed by atoms with van der Waals surface area (Å²) in [6, 6.07) is 23.2. The molecule has 1 saturated heterocycles. The van der Waals surface area contributed by atoms with E-state index in [0.717, 1.165) is 17.3 Å². The van der Waals surface area contributed by atoms with Gasteiger partial charge in [0.05, 0.1) is 11.5 Å². The molecule has 0 bridgehead atoms. The zero-order valence-electron chi connectivity index (χ0n) is 16.5. The fourth-order valence-corrected chi connectivity index (χ4v) is 5.87. The SMILES string of the molecule is C[C@@]12CCC=C[C@H]1[C@H](c1ccc3ccccc3c1Br)N(Cc1ccccc1)C2=O. The Hall–Kier alpha value is -2.39. The third-order valence-corrected chi connectivity index (χ3v) is 7.63. The van der Waals surface area contributed by atoms with Crippen LogP contribution in [0.4, 0.5) is 0 Å². The first-order valence-corrected chi connectivity index (χ1v) is 11.1. The molecule has 0 aromatic heterocycles. The van der Waals surface area contributed by atoms with Gasteiger partial charge >= 0.3 is 0 Å². The molecule has 3 aromatic rings. The van der Waals surface area contributed by atoms with Crippen LogP contribution in [0.15, 0.2) is 83.4 Å². The quantitative estimate of drug-likeness (QED) is 0.412. The summed E-state index contributed by atoms with van der Waals surface area (Å²) in [5.74, 6) is 0.464. The van der Waals surface area contributed by atoms with Crippen molar-refractivity contribution in [3.63, 3.8) is 0 Å². The predicted molar refractivity (Wildman–Crippen MR) is 121 cm³/mol. The van der Waals surface area contributed by atoms with Gasteiger partial charge in [-0.15, -0.1) is 0 Å². The predicted octanol–water partition coefficient (Wildman–Crippen LogP) is 6.66. The number of halogens is 1. The lowest BCUT2D eigenvalue weighted by molar-refractivity contribution is -0.137. The Morgan fingerprint density at radius 1 is 1.03 bits per heavy atom. The molecular formula is C26H24BrNO. The van der Waals surface area contributed by atoms with Crippen molar-refractivity contribution in [2.24, 2.45) is 11.3 Å². The van der Waals surface area contributed by atoms with Crippen molar-refractivity contribution in [1.29, 1.82) is 0 Å². The van der Waals surface area contributed by atoms with Crippen LogP contribution in [0.3, 0.4) is 0 Å². The van der Waals surface area contributed by atoms with Crippen molar-refractivity contribution in [1.82, 2.24) is 4.90 Å². The van der Waals surface area contributed by atoms with Gasteiger partial charge < -0.3 is 4.90 Å². The molecule has 0 spiro atoms. The van der Waals surface area contributed by atoms with Crippen LogP contribution in [-0.2, 0) is 11.3 Å². The Kier molecular flexibility index (Phi) is 4.59. The van der Waals surface area contributed by atoms with Crippen LogP contribution < -0.4 is 0 Å². The van der Waals surface area contributed by atoms with Crippen LogP contribution in [0.5, 0.6) is 0 Å². The Morgan fingerprint density at radius 3 is 2.62 bits per heavy atom. The molecule has 1 heterocycles. The lowest BCUT2D eigenvalue weighted by atomic mass is 9.69. The summed E-state index contributed by atoms with van der Waals surface area (Å²) in [5.41, 5.74) is 2.04. The summed E-state index contributed by atoms with van der Waals surface area (Å²) in [6.45, 7) is 2.81. The van der Waals surface area contributed by atoms with Gasteiger partial charge in [0.25, 0.3) is 0 Å². The molecule has 0 N–H and O–H groups in total. The molecular weight excluding hydrogens is 422 g/mol. The number of fused-ring (bicyclic) bond motifs is 2. The molecule has 0 radical (unpaired) electrons. The second-order valence-electron chi connectivity index (χ2n) is 8.46. The van der Waals surface area contributed by atoms with E-state index in [0.29, 0.717) is 6.54 Å². The minimum atomic E-state index is -0.334. The summed E-state index contributed by atoms with van der Waals surface area (Å²) >= 11 is 3.90. The molecule has 0 saturated carbocycles. The van der Waals surface area contributed by atoms with Crippen LogP contribution in [0.2, 0.25) is 0 Å². The first-order chi connectivity index (χ1) is 14.1. The highest BCUT2D eigenvalue weighted by atomic mass is 79.9. The molecule has 2 nitrogen and oxygen atoms in total. The summed E-state index contributed by atoms with van der Waals surface area (Å²) in [4.78, 5) is 15.8. The van der Waals surface area contributed by atoms with Gasteiger partial charge in [0, 0.05) is 16.9 Å². The van der Waals surface area contributed by atoms with Gasteiger partial charge in [-0.2, -0.15) is 0 Å². The molecule has 146 valence electrons. The molecule has 3 heteroatoms. The summed E-state index contributed by atoms with van der Waals surface area (Å²) in [5, 5.41) is 2.41. The van der Waals surface area contributed by atoms with Gasteiger partial charge in [-0.3, -0.25) is 4.79 Å². The minimum absolute atomic E-state index is 0.0308. The second-order valence-corrected chi connectivity index (χ2v) is 9.26. The summed E-state index contributed by atoms with van der Waals surface area (Å²) in [6.07, 6.45) is 6.44. The topological polar surface area (TPSA) is 20.3 Å². The number of allylic oxidation sites excluding steroid dienone is 1. The normalized spacial score (nSPS) is 26.1. The third kappa shape index (κ3) is 2.95. The number of benzene rings is 3. The maximum Gasteiger partial charge on any atom is 0.230 e. The van der Waals surface area contributed by atoms with Crippen molar-refractivity contribution in [2.75, 3.05) is 0 Å². The number of hydrogen-bond acceptors (Lipinski definition) is 1. The molecule has 2 aliphatic rings. The summed E-state index contributed by atoms with van der Waals surface area (Å²) < 4.78 is 1.11. The molecule has 1 fully saturated rings. The molecule has 3 aromatic carbocycles. The molecule has 0 unspecified atom stereocenters. The number of amides is 1. The van der Waals surface area contributed by atoms with E-state index < -0.39 is 0 Å². The molecule has 1 aliphatic heterocycles. The maximum absolute atomic E-state index is 13.7. The average Bonchev–Trinajstić information content (AvgIpc) is 2.97. The first kappa shape index (κ1) is 18.6. The molecule has 1 amide bonds. The highest BCUT2D eigenvalue weighted by Gasteiger charge is 2.56. The van der Waals surface area contributed by atoms with Crippen molar-refractivity contribution < 1.29 is 4.79 Å². The Balaban J connectivity index is 1.66. The number of rotatable bonds is 3. The Morgan fingerprint density at radius 2 is 1.79 bits per heavy atom. The number of nitrogens with zero attached hydrogens (tertiary/aromatic N) is 1. The highest BCUT2D eigenvalue weighted by Crippen LogP contribution is 2.55. The van der Waals surface area contributed by atoms with Crippen LogP contribution in [0.1, 0.15) is 36.9 Å². The van der Waals surface area contributed by atoms with Gasteiger partial charge in [0.2, 0.25) is 5.91 Å². The monoisotopic (exact) mass is 445 g/mol. The van der Waals surface area contributed by atoms with Crippen molar-refractivity contribution >= 4 is 32.6 Å². The maximum atomic E-state index is 13.7. The number of hydrogen-bond donors (Lipinski definition) is 0. The number of carbonyl (C=O) groups is 1.